The van der Waals surface area contributed by atoms with Crippen molar-refractivity contribution in [2.75, 3.05) is 13.1 Å². The zero-order chi connectivity index (χ0) is 17.1. The number of carboxylic acid groups (broad SMARTS) is 1. The summed E-state index contributed by atoms with van der Waals surface area (Å²) in [4.78, 5) is 25.3. The van der Waals surface area contributed by atoms with Crippen LogP contribution < -0.4 is 5.32 Å². The lowest BCUT2D eigenvalue weighted by molar-refractivity contribution is -0.142. The highest BCUT2D eigenvalue weighted by Crippen LogP contribution is 2.26. The first kappa shape index (κ1) is 16.6. The van der Waals surface area contributed by atoms with Gasteiger partial charge in [0, 0.05) is 19.1 Å². The van der Waals surface area contributed by atoms with Gasteiger partial charge in [-0.15, -0.1) is 0 Å². The highest BCUT2D eigenvalue weighted by molar-refractivity contribution is 5.81. The quantitative estimate of drug-likeness (QED) is 0.896. The third kappa shape index (κ3) is 3.61. The second-order valence-electron chi connectivity index (χ2n) is 6.76. The number of nitrogens with zero attached hydrogens (tertiary/aromatic N) is 1. The molecule has 0 aromatic heterocycles. The molecule has 2 aliphatic rings. The molecule has 1 aliphatic carbocycles. The summed E-state index contributed by atoms with van der Waals surface area (Å²) in [6, 6.07) is 8.26. The second-order valence-corrected chi connectivity index (χ2v) is 6.76. The minimum Gasteiger partial charge on any atom is -0.481 e. The van der Waals surface area contributed by atoms with Crippen molar-refractivity contribution in [2.24, 2.45) is 5.92 Å². The van der Waals surface area contributed by atoms with Crippen molar-refractivity contribution in [1.29, 1.82) is 0 Å². The molecule has 2 N–H and O–H groups in total. The molecule has 1 aliphatic heterocycles. The van der Waals surface area contributed by atoms with Gasteiger partial charge in [0.05, 0.1) is 5.92 Å². The highest BCUT2D eigenvalue weighted by Gasteiger charge is 2.28. The number of aliphatic carboxylic acids is 1. The average Bonchev–Trinajstić information content (AvgIpc) is 3.05. The number of hydrogen-bond acceptors (Lipinski definition) is 2. The maximum Gasteiger partial charge on any atom is 0.318 e. The van der Waals surface area contributed by atoms with Crippen molar-refractivity contribution in [3.8, 4) is 0 Å². The molecule has 1 fully saturated rings. The number of amides is 2. The van der Waals surface area contributed by atoms with E-state index in [1.165, 1.54) is 16.7 Å². The molecule has 0 radical (unpaired) electrons. The molecule has 1 heterocycles. The van der Waals surface area contributed by atoms with E-state index in [9.17, 15) is 9.59 Å². The van der Waals surface area contributed by atoms with E-state index in [0.717, 1.165) is 12.8 Å². The van der Waals surface area contributed by atoms with Gasteiger partial charge in [0.25, 0.3) is 0 Å². The van der Waals surface area contributed by atoms with Gasteiger partial charge in [0.2, 0.25) is 0 Å². The number of aryl methyl sites for hydroxylation is 1. The Bertz CT molecular complexity index is 660. The van der Waals surface area contributed by atoms with Crippen LogP contribution in [-0.4, -0.2) is 41.1 Å². The van der Waals surface area contributed by atoms with Crippen LogP contribution in [0.5, 0.6) is 0 Å². The van der Waals surface area contributed by atoms with Gasteiger partial charge in [-0.05, 0) is 49.3 Å². The molecule has 1 aromatic carbocycles. The molecule has 5 heteroatoms. The number of carboxylic acids is 1. The Labute approximate surface area is 142 Å². The molecule has 0 spiro atoms. The predicted octanol–water partition coefficient (Wildman–Crippen LogP) is 3.05. The maximum atomic E-state index is 12.5. The predicted molar refractivity (Wildman–Crippen MR) is 92.6 cm³/mol. The van der Waals surface area contributed by atoms with E-state index in [4.69, 9.17) is 5.11 Å². The molecular formula is C19H24N2O3. The molecular weight excluding hydrogens is 304 g/mol. The molecule has 24 heavy (non-hydrogen) atoms. The molecule has 5 nitrogen and oxygen atoms in total. The van der Waals surface area contributed by atoms with E-state index in [1.54, 1.807) is 0 Å². The summed E-state index contributed by atoms with van der Waals surface area (Å²) in [6.07, 6.45) is 4.90. The van der Waals surface area contributed by atoms with Crippen molar-refractivity contribution < 1.29 is 14.7 Å². The Morgan fingerprint density at radius 3 is 2.54 bits per heavy atom. The zero-order valence-corrected chi connectivity index (χ0v) is 14.0. The molecule has 128 valence electrons. The summed E-state index contributed by atoms with van der Waals surface area (Å²) in [5.41, 5.74) is 3.62. The van der Waals surface area contributed by atoms with Crippen LogP contribution in [-0.2, 0) is 4.79 Å². The molecule has 3 rings (SSSR count). The van der Waals surface area contributed by atoms with Crippen LogP contribution in [0.4, 0.5) is 4.79 Å². The number of nitrogens with one attached hydrogen (secondary N) is 1. The summed E-state index contributed by atoms with van der Waals surface area (Å²) in [5, 5.41) is 12.1. The molecule has 2 amide bonds. The van der Waals surface area contributed by atoms with Crippen LogP contribution in [0, 0.1) is 12.8 Å². The van der Waals surface area contributed by atoms with E-state index < -0.39 is 5.97 Å². The molecule has 0 unspecified atom stereocenters. The van der Waals surface area contributed by atoms with E-state index in [-0.39, 0.29) is 18.0 Å². The van der Waals surface area contributed by atoms with Gasteiger partial charge < -0.3 is 15.3 Å². The maximum absolute atomic E-state index is 12.5. The first-order valence-electron chi connectivity index (χ1n) is 8.58. The monoisotopic (exact) mass is 328 g/mol. The van der Waals surface area contributed by atoms with Crippen molar-refractivity contribution in [1.82, 2.24) is 10.2 Å². The summed E-state index contributed by atoms with van der Waals surface area (Å²) < 4.78 is 0. The normalized spacial score (nSPS) is 23.7. The standard InChI is InChI=1S/C19H24N2O3/c1-13-4-2-3-5-17(13)15-10-11-21(12-15)19(24)20-16-8-6-14(7-9-16)18(22)23/h2-5,10,14,16H,6-9,11-12H2,1H3,(H,20,24)(H,22,23). The van der Waals surface area contributed by atoms with Gasteiger partial charge in [-0.1, -0.05) is 30.3 Å². The lowest BCUT2D eigenvalue weighted by atomic mass is 9.86. The number of rotatable bonds is 3. The fourth-order valence-corrected chi connectivity index (χ4v) is 3.59. The third-order valence-electron chi connectivity index (χ3n) is 5.10. The Kier molecular flexibility index (Phi) is 4.88. The van der Waals surface area contributed by atoms with Gasteiger partial charge in [-0.2, -0.15) is 0 Å². The molecule has 0 atom stereocenters. The number of urea groups is 1. The van der Waals surface area contributed by atoms with Gasteiger partial charge in [0.1, 0.15) is 0 Å². The van der Waals surface area contributed by atoms with Crippen LogP contribution in [0.1, 0.15) is 36.8 Å². The summed E-state index contributed by atoms with van der Waals surface area (Å²) in [6.45, 7) is 3.33. The van der Waals surface area contributed by atoms with E-state index in [1.807, 2.05) is 17.0 Å². The van der Waals surface area contributed by atoms with Crippen LogP contribution in [0.3, 0.4) is 0 Å². The fraction of sp³-hybridized carbons (Fsp3) is 0.474. The smallest absolute Gasteiger partial charge is 0.318 e. The molecule has 1 aromatic rings. The van der Waals surface area contributed by atoms with Gasteiger partial charge in [-0.3, -0.25) is 4.79 Å². The Balaban J connectivity index is 1.51. The van der Waals surface area contributed by atoms with Crippen molar-refractivity contribution >= 4 is 17.6 Å². The van der Waals surface area contributed by atoms with Crippen molar-refractivity contribution in [3.63, 3.8) is 0 Å². The largest absolute Gasteiger partial charge is 0.481 e. The van der Waals surface area contributed by atoms with Crippen LogP contribution >= 0.6 is 0 Å². The summed E-state index contributed by atoms with van der Waals surface area (Å²) in [5.74, 6) is -0.967. The summed E-state index contributed by atoms with van der Waals surface area (Å²) in [7, 11) is 0. The van der Waals surface area contributed by atoms with E-state index in [0.29, 0.717) is 25.9 Å². The van der Waals surface area contributed by atoms with Gasteiger partial charge in [-0.25, -0.2) is 4.79 Å². The zero-order valence-electron chi connectivity index (χ0n) is 14.0. The van der Waals surface area contributed by atoms with Crippen molar-refractivity contribution in [2.45, 2.75) is 38.6 Å². The van der Waals surface area contributed by atoms with Gasteiger partial charge in [0.15, 0.2) is 0 Å². The lowest BCUT2D eigenvalue weighted by Crippen LogP contribution is -2.45. The van der Waals surface area contributed by atoms with Gasteiger partial charge >= 0.3 is 12.0 Å². The summed E-state index contributed by atoms with van der Waals surface area (Å²) >= 11 is 0. The number of hydrogen-bond donors (Lipinski definition) is 2. The van der Waals surface area contributed by atoms with Crippen LogP contribution in [0.15, 0.2) is 30.3 Å². The minimum absolute atomic E-state index is 0.0476. The topological polar surface area (TPSA) is 69.6 Å². The average molecular weight is 328 g/mol. The Hall–Kier alpha value is -2.30. The minimum atomic E-state index is -0.716. The van der Waals surface area contributed by atoms with E-state index >= 15 is 0 Å². The Morgan fingerprint density at radius 2 is 1.88 bits per heavy atom. The SMILES string of the molecule is Cc1ccccc1C1=CCN(C(=O)NC2CCC(C(=O)O)CC2)C1. The molecule has 1 saturated carbocycles. The van der Waals surface area contributed by atoms with Crippen molar-refractivity contribution in [3.05, 3.63) is 41.5 Å². The van der Waals surface area contributed by atoms with Crippen LogP contribution in [0.25, 0.3) is 5.57 Å². The molecule has 0 saturated heterocycles. The third-order valence-corrected chi connectivity index (χ3v) is 5.10. The lowest BCUT2D eigenvalue weighted by Gasteiger charge is -2.28. The van der Waals surface area contributed by atoms with Crippen LogP contribution in [0.2, 0.25) is 0 Å². The molecule has 0 bridgehead atoms. The number of carbonyl (C=O) groups is 2. The fourth-order valence-electron chi connectivity index (χ4n) is 3.59. The second kappa shape index (κ2) is 7.07. The highest BCUT2D eigenvalue weighted by atomic mass is 16.4. The number of benzene rings is 1. The Morgan fingerprint density at radius 1 is 1.17 bits per heavy atom. The first-order chi connectivity index (χ1) is 11.5. The first-order valence-corrected chi connectivity index (χ1v) is 8.58. The van der Waals surface area contributed by atoms with E-state index in [2.05, 4.69) is 30.4 Å². The number of carbonyl (C=O) groups excluding carboxylic acids is 1.